The summed E-state index contributed by atoms with van der Waals surface area (Å²) in [5, 5.41) is 17.7. The molecule has 1 aromatic heterocycles. The lowest BCUT2D eigenvalue weighted by Crippen LogP contribution is -2.38. The van der Waals surface area contributed by atoms with E-state index in [1.165, 1.54) is 28.9 Å². The molecule has 1 aromatic carbocycles. The predicted octanol–water partition coefficient (Wildman–Crippen LogP) is 1.52. The van der Waals surface area contributed by atoms with Crippen LogP contribution < -0.4 is 10.6 Å². The molecule has 2 aromatic rings. The Morgan fingerprint density at radius 3 is 2.39 bits per heavy atom. The van der Waals surface area contributed by atoms with Gasteiger partial charge in [0, 0.05) is 11.4 Å². The third-order valence-corrected chi connectivity index (χ3v) is 3.94. The van der Waals surface area contributed by atoms with Crippen LogP contribution >= 0.6 is 12.2 Å². The number of thiocarbonyl (C=S) groups is 1. The van der Waals surface area contributed by atoms with Crippen LogP contribution in [0, 0.1) is 19.3 Å². The number of nitrogens with one attached hydrogen (secondary N) is 3. The van der Waals surface area contributed by atoms with E-state index in [0.29, 0.717) is 5.69 Å². The standard InChI is InChI=1S/C13H15N5O3S2/c1-8-7-9(2)18(17-8)12(14)16-13(22)15-10-3-5-11(6-4-10)23(19,20)21/h3-7H,1-2H3,(H,19,20,21)(H3,14,15,16,22). The lowest BCUT2D eigenvalue weighted by atomic mass is 10.3. The Labute approximate surface area is 138 Å². The Morgan fingerprint density at radius 1 is 1.30 bits per heavy atom. The SMILES string of the molecule is Cc1cc(C)n(C(=N)NC(=S)Nc2ccc(S(=O)(=O)O)cc2)n1. The second-order valence-corrected chi connectivity index (χ2v) is 6.60. The molecule has 0 radical (unpaired) electrons. The topological polar surface area (TPSA) is 120 Å². The summed E-state index contributed by atoms with van der Waals surface area (Å²) in [7, 11) is -4.23. The van der Waals surface area contributed by atoms with Gasteiger partial charge in [-0.1, -0.05) is 0 Å². The molecule has 122 valence electrons. The van der Waals surface area contributed by atoms with Gasteiger partial charge in [-0.3, -0.25) is 9.96 Å². The molecule has 0 aliphatic carbocycles. The maximum atomic E-state index is 11.0. The quantitative estimate of drug-likeness (QED) is 0.279. The highest BCUT2D eigenvalue weighted by Crippen LogP contribution is 2.13. The normalized spacial score (nSPS) is 11.1. The van der Waals surface area contributed by atoms with Crippen LogP contribution in [0.3, 0.4) is 0 Å². The van der Waals surface area contributed by atoms with E-state index < -0.39 is 10.1 Å². The van der Waals surface area contributed by atoms with Crippen molar-refractivity contribution in [2.45, 2.75) is 18.7 Å². The third kappa shape index (κ3) is 4.34. The Balaban J connectivity index is 2.02. The van der Waals surface area contributed by atoms with Crippen molar-refractivity contribution in [1.82, 2.24) is 15.1 Å². The minimum atomic E-state index is -4.23. The molecular weight excluding hydrogens is 338 g/mol. The highest BCUT2D eigenvalue weighted by atomic mass is 32.2. The zero-order valence-electron chi connectivity index (χ0n) is 12.4. The first-order valence-corrected chi connectivity index (χ1v) is 8.29. The van der Waals surface area contributed by atoms with Crippen LogP contribution in [0.4, 0.5) is 5.69 Å². The molecule has 0 saturated heterocycles. The van der Waals surface area contributed by atoms with Crippen molar-refractivity contribution in [3.63, 3.8) is 0 Å². The van der Waals surface area contributed by atoms with Crippen LogP contribution in [-0.2, 0) is 10.1 Å². The van der Waals surface area contributed by atoms with Crippen molar-refractivity contribution in [1.29, 1.82) is 5.41 Å². The average Bonchev–Trinajstić information content (AvgIpc) is 2.77. The summed E-state index contributed by atoms with van der Waals surface area (Å²) in [5.74, 6) is -0.0114. The Morgan fingerprint density at radius 2 is 1.91 bits per heavy atom. The second-order valence-electron chi connectivity index (χ2n) is 4.77. The smallest absolute Gasteiger partial charge is 0.294 e. The molecule has 1 heterocycles. The third-order valence-electron chi connectivity index (χ3n) is 2.86. The van der Waals surface area contributed by atoms with Gasteiger partial charge in [-0.05, 0) is 56.4 Å². The molecule has 0 aliphatic rings. The van der Waals surface area contributed by atoms with Gasteiger partial charge in [0.05, 0.1) is 10.6 Å². The molecule has 10 heteroatoms. The Hall–Kier alpha value is -2.30. The fourth-order valence-corrected chi connectivity index (χ4v) is 2.58. The van der Waals surface area contributed by atoms with Gasteiger partial charge in [-0.25, -0.2) is 4.68 Å². The number of benzene rings is 1. The molecular formula is C13H15N5O3S2. The largest absolute Gasteiger partial charge is 0.332 e. The van der Waals surface area contributed by atoms with Crippen LogP contribution in [0.25, 0.3) is 0 Å². The molecule has 0 atom stereocenters. The molecule has 0 spiro atoms. The number of hydrogen-bond acceptors (Lipinski definition) is 5. The fraction of sp³-hybridized carbons (Fsp3) is 0.154. The molecule has 0 bridgehead atoms. The lowest BCUT2D eigenvalue weighted by Gasteiger charge is -2.12. The van der Waals surface area contributed by atoms with Crippen molar-refractivity contribution in [2.75, 3.05) is 5.32 Å². The van der Waals surface area contributed by atoms with E-state index in [1.54, 1.807) is 0 Å². The summed E-state index contributed by atoms with van der Waals surface area (Å²) in [5.41, 5.74) is 2.09. The number of aromatic nitrogens is 2. The van der Waals surface area contributed by atoms with Crippen LogP contribution in [-0.4, -0.2) is 33.8 Å². The zero-order valence-corrected chi connectivity index (χ0v) is 14.0. The van der Waals surface area contributed by atoms with Gasteiger partial charge < -0.3 is 10.6 Å². The van der Waals surface area contributed by atoms with Gasteiger partial charge >= 0.3 is 0 Å². The highest BCUT2D eigenvalue weighted by Gasteiger charge is 2.10. The van der Waals surface area contributed by atoms with Crippen molar-refractivity contribution in [3.05, 3.63) is 41.7 Å². The monoisotopic (exact) mass is 353 g/mol. The number of aryl methyl sites for hydroxylation is 2. The van der Waals surface area contributed by atoms with Crippen LogP contribution in [0.1, 0.15) is 11.4 Å². The fourth-order valence-electron chi connectivity index (χ4n) is 1.89. The van der Waals surface area contributed by atoms with E-state index in [-0.39, 0.29) is 16.0 Å². The predicted molar refractivity (Wildman–Crippen MR) is 90.4 cm³/mol. The van der Waals surface area contributed by atoms with E-state index in [2.05, 4.69) is 15.7 Å². The molecule has 8 nitrogen and oxygen atoms in total. The average molecular weight is 353 g/mol. The van der Waals surface area contributed by atoms with E-state index in [4.69, 9.17) is 22.2 Å². The molecule has 23 heavy (non-hydrogen) atoms. The lowest BCUT2D eigenvalue weighted by molar-refractivity contribution is 0.483. The van der Waals surface area contributed by atoms with Gasteiger partial charge in [0.2, 0.25) is 5.96 Å². The van der Waals surface area contributed by atoms with Crippen LogP contribution in [0.15, 0.2) is 35.2 Å². The first-order valence-electron chi connectivity index (χ1n) is 6.44. The van der Waals surface area contributed by atoms with Gasteiger partial charge in [0.15, 0.2) is 5.11 Å². The maximum absolute atomic E-state index is 11.0. The van der Waals surface area contributed by atoms with Crippen molar-refractivity contribution >= 4 is 39.1 Å². The van der Waals surface area contributed by atoms with E-state index in [9.17, 15) is 8.42 Å². The van der Waals surface area contributed by atoms with Gasteiger partial charge in [-0.15, -0.1) is 0 Å². The molecule has 0 unspecified atom stereocenters. The minimum Gasteiger partial charge on any atom is -0.332 e. The zero-order chi connectivity index (χ0) is 17.2. The molecule has 0 fully saturated rings. The van der Waals surface area contributed by atoms with Crippen molar-refractivity contribution in [2.24, 2.45) is 0 Å². The Kier molecular flexibility index (Phi) is 4.78. The van der Waals surface area contributed by atoms with Crippen molar-refractivity contribution in [3.8, 4) is 0 Å². The number of rotatable bonds is 2. The molecule has 0 saturated carbocycles. The van der Waals surface area contributed by atoms with Gasteiger partial charge in [0.25, 0.3) is 10.1 Å². The van der Waals surface area contributed by atoms with Crippen molar-refractivity contribution < 1.29 is 13.0 Å². The summed E-state index contributed by atoms with van der Waals surface area (Å²) < 4.78 is 32.2. The van der Waals surface area contributed by atoms with Crippen LogP contribution in [0.2, 0.25) is 0 Å². The molecule has 2 rings (SSSR count). The molecule has 0 amide bonds. The molecule has 0 aliphatic heterocycles. The summed E-state index contributed by atoms with van der Waals surface area (Å²) in [6, 6.07) is 7.22. The first kappa shape index (κ1) is 17.1. The summed E-state index contributed by atoms with van der Waals surface area (Å²) >= 11 is 5.10. The number of anilines is 1. The van der Waals surface area contributed by atoms with Crippen LogP contribution in [0.5, 0.6) is 0 Å². The second kappa shape index (κ2) is 6.44. The van der Waals surface area contributed by atoms with E-state index >= 15 is 0 Å². The van der Waals surface area contributed by atoms with E-state index in [1.807, 2.05) is 19.9 Å². The van der Waals surface area contributed by atoms with E-state index in [0.717, 1.165) is 11.4 Å². The van der Waals surface area contributed by atoms with Gasteiger partial charge in [-0.2, -0.15) is 13.5 Å². The number of nitrogens with zero attached hydrogens (tertiary/aromatic N) is 2. The summed E-state index contributed by atoms with van der Waals surface area (Å²) in [4.78, 5) is -0.211. The Bertz CT molecular complexity index is 856. The van der Waals surface area contributed by atoms with Gasteiger partial charge in [0.1, 0.15) is 0 Å². The first-order chi connectivity index (χ1) is 10.7. The summed E-state index contributed by atoms with van der Waals surface area (Å²) in [6.07, 6.45) is 0. The minimum absolute atomic E-state index is 0.0114. The highest BCUT2D eigenvalue weighted by molar-refractivity contribution is 7.85. The summed E-state index contributed by atoms with van der Waals surface area (Å²) in [6.45, 7) is 3.64. The maximum Gasteiger partial charge on any atom is 0.294 e. The number of hydrogen-bond donors (Lipinski definition) is 4. The molecule has 4 N–H and O–H groups in total.